The number of carbonyl (C=O) groups excluding carboxylic acids is 2. The molecule has 174 valence electrons. The standard InChI is InChI=1S/C24H28BrN5O3/c25-17-6-3-5-16(11-17)19-12-21(19)27-9-2-1-8-20(30-24(32)22-14-26-15-29-22)23(31)28-13-18-7-4-10-33-18/h3-7,10-11,14-15,19-21,27H,1-2,8-9,12-13H2,(H,26,29)(H,28,31)(H,30,32). The van der Waals surface area contributed by atoms with Crippen LogP contribution in [0.3, 0.4) is 0 Å². The second-order valence-electron chi connectivity index (χ2n) is 8.24. The maximum Gasteiger partial charge on any atom is 0.269 e. The van der Waals surface area contributed by atoms with Gasteiger partial charge in [0, 0.05) is 16.4 Å². The van der Waals surface area contributed by atoms with E-state index in [0.717, 1.165) is 30.3 Å². The van der Waals surface area contributed by atoms with Crippen molar-refractivity contribution in [3.63, 3.8) is 0 Å². The highest BCUT2D eigenvalue weighted by Gasteiger charge is 2.37. The molecule has 8 nitrogen and oxygen atoms in total. The van der Waals surface area contributed by atoms with Gasteiger partial charge in [-0.2, -0.15) is 0 Å². The number of amides is 2. The van der Waals surface area contributed by atoms with Gasteiger partial charge in [0.2, 0.25) is 5.91 Å². The van der Waals surface area contributed by atoms with Crippen molar-refractivity contribution in [2.45, 2.75) is 50.2 Å². The van der Waals surface area contributed by atoms with Crippen LogP contribution in [0.2, 0.25) is 0 Å². The lowest BCUT2D eigenvalue weighted by Gasteiger charge is -2.18. The molecule has 0 bridgehead atoms. The van der Waals surface area contributed by atoms with Gasteiger partial charge < -0.3 is 25.4 Å². The van der Waals surface area contributed by atoms with Gasteiger partial charge in [-0.1, -0.05) is 28.1 Å². The van der Waals surface area contributed by atoms with Crippen molar-refractivity contribution in [1.82, 2.24) is 25.9 Å². The summed E-state index contributed by atoms with van der Waals surface area (Å²) in [5.41, 5.74) is 1.68. The van der Waals surface area contributed by atoms with Crippen LogP contribution in [0, 0.1) is 0 Å². The van der Waals surface area contributed by atoms with Crippen LogP contribution in [-0.4, -0.2) is 40.4 Å². The van der Waals surface area contributed by atoms with E-state index in [9.17, 15) is 9.59 Å². The van der Waals surface area contributed by atoms with Crippen molar-refractivity contribution < 1.29 is 14.0 Å². The third kappa shape index (κ3) is 6.79. The Kier molecular flexibility index (Phi) is 7.96. The average molecular weight is 514 g/mol. The Morgan fingerprint density at radius 2 is 2.15 bits per heavy atom. The highest BCUT2D eigenvalue weighted by Crippen LogP contribution is 2.41. The number of furan rings is 1. The molecule has 0 radical (unpaired) electrons. The highest BCUT2D eigenvalue weighted by atomic mass is 79.9. The first-order chi connectivity index (χ1) is 16.1. The number of nitrogens with zero attached hydrogens (tertiary/aromatic N) is 1. The number of H-pyrrole nitrogens is 1. The number of aromatic amines is 1. The van der Waals surface area contributed by atoms with E-state index in [1.165, 1.54) is 18.1 Å². The molecule has 1 saturated carbocycles. The Morgan fingerprint density at radius 1 is 1.24 bits per heavy atom. The van der Waals surface area contributed by atoms with Gasteiger partial charge in [0.15, 0.2) is 0 Å². The molecule has 3 atom stereocenters. The van der Waals surface area contributed by atoms with Crippen LogP contribution in [-0.2, 0) is 11.3 Å². The minimum atomic E-state index is -0.633. The van der Waals surface area contributed by atoms with Gasteiger partial charge in [0.25, 0.3) is 5.91 Å². The molecule has 1 aliphatic rings. The minimum absolute atomic E-state index is 0.232. The predicted molar refractivity (Wildman–Crippen MR) is 128 cm³/mol. The molecule has 4 rings (SSSR count). The largest absolute Gasteiger partial charge is 0.467 e. The number of benzene rings is 1. The Hall–Kier alpha value is -2.91. The van der Waals surface area contributed by atoms with E-state index < -0.39 is 6.04 Å². The maximum absolute atomic E-state index is 12.7. The van der Waals surface area contributed by atoms with Crippen molar-refractivity contribution in [3.8, 4) is 0 Å². The predicted octanol–water partition coefficient (Wildman–Crippen LogP) is 3.50. The van der Waals surface area contributed by atoms with Crippen molar-refractivity contribution in [2.24, 2.45) is 0 Å². The molecule has 2 aromatic heterocycles. The first-order valence-corrected chi connectivity index (χ1v) is 12.0. The minimum Gasteiger partial charge on any atom is -0.467 e. The zero-order chi connectivity index (χ0) is 23.0. The van der Waals surface area contributed by atoms with Crippen LogP contribution in [0.15, 0.2) is 64.1 Å². The monoisotopic (exact) mass is 513 g/mol. The summed E-state index contributed by atoms with van der Waals surface area (Å²) in [5, 5.41) is 9.26. The molecular weight excluding hydrogens is 486 g/mol. The van der Waals surface area contributed by atoms with Crippen LogP contribution in [0.1, 0.15) is 53.4 Å². The molecule has 33 heavy (non-hydrogen) atoms. The first-order valence-electron chi connectivity index (χ1n) is 11.2. The normalized spacial score (nSPS) is 18.0. The number of imidazole rings is 1. The summed E-state index contributed by atoms with van der Waals surface area (Å²) in [6.45, 7) is 1.16. The second kappa shape index (κ2) is 11.3. The van der Waals surface area contributed by atoms with E-state index in [-0.39, 0.29) is 18.4 Å². The van der Waals surface area contributed by atoms with Crippen LogP contribution >= 0.6 is 15.9 Å². The fraction of sp³-hybridized carbons (Fsp3) is 0.375. The Labute approximate surface area is 201 Å². The topological polar surface area (TPSA) is 112 Å². The molecule has 1 aromatic carbocycles. The quantitative estimate of drug-likeness (QED) is 0.277. The van der Waals surface area contributed by atoms with Gasteiger partial charge in [-0.3, -0.25) is 9.59 Å². The molecule has 0 saturated heterocycles. The highest BCUT2D eigenvalue weighted by molar-refractivity contribution is 9.10. The van der Waals surface area contributed by atoms with Crippen molar-refractivity contribution in [1.29, 1.82) is 0 Å². The third-order valence-corrected chi connectivity index (χ3v) is 6.27. The smallest absolute Gasteiger partial charge is 0.269 e. The molecule has 3 unspecified atom stereocenters. The summed E-state index contributed by atoms with van der Waals surface area (Å²) < 4.78 is 6.38. The van der Waals surface area contributed by atoms with Crippen LogP contribution in [0.5, 0.6) is 0 Å². The van der Waals surface area contributed by atoms with Crippen LogP contribution in [0.4, 0.5) is 0 Å². The van der Waals surface area contributed by atoms with E-state index in [1.807, 2.05) is 6.07 Å². The number of unbranched alkanes of at least 4 members (excludes halogenated alkanes) is 1. The fourth-order valence-electron chi connectivity index (χ4n) is 3.88. The molecule has 9 heteroatoms. The van der Waals surface area contributed by atoms with Gasteiger partial charge >= 0.3 is 0 Å². The van der Waals surface area contributed by atoms with E-state index >= 15 is 0 Å². The van der Waals surface area contributed by atoms with Crippen molar-refractivity contribution >= 4 is 27.7 Å². The van der Waals surface area contributed by atoms with E-state index in [4.69, 9.17) is 4.42 Å². The number of hydrogen-bond donors (Lipinski definition) is 4. The third-order valence-electron chi connectivity index (χ3n) is 5.77. The molecule has 4 N–H and O–H groups in total. The number of aromatic nitrogens is 2. The number of hydrogen-bond acceptors (Lipinski definition) is 5. The Morgan fingerprint density at radius 3 is 2.91 bits per heavy atom. The number of halogens is 1. The van der Waals surface area contributed by atoms with Crippen LogP contribution < -0.4 is 16.0 Å². The molecule has 2 amide bonds. The lowest BCUT2D eigenvalue weighted by molar-refractivity contribution is -0.123. The molecule has 1 aliphatic carbocycles. The van der Waals surface area contributed by atoms with Gasteiger partial charge in [-0.05, 0) is 62.1 Å². The zero-order valence-corrected chi connectivity index (χ0v) is 19.8. The number of rotatable bonds is 12. The molecule has 0 spiro atoms. The van der Waals surface area contributed by atoms with Gasteiger partial charge in [0.1, 0.15) is 17.5 Å². The van der Waals surface area contributed by atoms with E-state index in [2.05, 4.69) is 60.0 Å². The van der Waals surface area contributed by atoms with Gasteiger partial charge in [0.05, 0.1) is 25.3 Å². The fourth-order valence-corrected chi connectivity index (χ4v) is 4.30. The molecule has 3 aromatic rings. The lowest BCUT2D eigenvalue weighted by atomic mass is 10.1. The summed E-state index contributed by atoms with van der Waals surface area (Å²) in [5.74, 6) is 0.648. The first kappa shape index (κ1) is 23.3. The second-order valence-corrected chi connectivity index (χ2v) is 9.16. The maximum atomic E-state index is 12.7. The zero-order valence-electron chi connectivity index (χ0n) is 18.2. The summed E-state index contributed by atoms with van der Waals surface area (Å²) >= 11 is 3.53. The van der Waals surface area contributed by atoms with E-state index in [0.29, 0.717) is 29.8 Å². The summed E-state index contributed by atoms with van der Waals surface area (Å²) in [7, 11) is 0. The summed E-state index contributed by atoms with van der Waals surface area (Å²) in [4.78, 5) is 31.8. The SMILES string of the molecule is O=C(NC(CCCCNC1CC1c1cccc(Br)c1)C(=O)NCc1ccco1)c1cnc[nH]1. The molecule has 0 aliphatic heterocycles. The van der Waals surface area contributed by atoms with Crippen molar-refractivity contribution in [3.05, 3.63) is 76.7 Å². The molecule has 1 fully saturated rings. The number of nitrogens with one attached hydrogen (secondary N) is 4. The van der Waals surface area contributed by atoms with E-state index in [1.54, 1.807) is 18.4 Å². The average Bonchev–Trinajstić information content (AvgIpc) is 3.20. The molecule has 2 heterocycles. The Balaban J connectivity index is 1.21. The van der Waals surface area contributed by atoms with Gasteiger partial charge in [-0.25, -0.2) is 4.98 Å². The van der Waals surface area contributed by atoms with Crippen molar-refractivity contribution in [2.75, 3.05) is 6.54 Å². The number of carbonyl (C=O) groups is 2. The molecular formula is C24H28BrN5O3. The summed E-state index contributed by atoms with van der Waals surface area (Å²) in [6.07, 6.45) is 7.86. The lowest BCUT2D eigenvalue weighted by Crippen LogP contribution is -2.46. The van der Waals surface area contributed by atoms with Gasteiger partial charge in [-0.15, -0.1) is 0 Å². The van der Waals surface area contributed by atoms with Crippen LogP contribution in [0.25, 0.3) is 0 Å². The Bertz CT molecular complexity index is 1040. The summed E-state index contributed by atoms with van der Waals surface area (Å²) in [6, 6.07) is 11.9.